The van der Waals surface area contributed by atoms with Crippen molar-refractivity contribution in [2.75, 3.05) is 0 Å². The van der Waals surface area contributed by atoms with Gasteiger partial charge in [-0.2, -0.15) is 0 Å². The Morgan fingerprint density at radius 3 is 2.17 bits per heavy atom. The maximum atomic E-state index is 2.44. The van der Waals surface area contributed by atoms with Crippen LogP contribution in [0.15, 0.2) is 60.7 Å². The van der Waals surface area contributed by atoms with Gasteiger partial charge in [0.25, 0.3) is 0 Å². The van der Waals surface area contributed by atoms with E-state index in [0.29, 0.717) is 0 Å². The van der Waals surface area contributed by atoms with Gasteiger partial charge in [0.1, 0.15) is 0 Å². The second-order valence-electron chi connectivity index (χ2n) is 7.56. The van der Waals surface area contributed by atoms with Crippen molar-refractivity contribution in [3.05, 3.63) is 71.8 Å². The van der Waals surface area contributed by atoms with E-state index in [-0.39, 0.29) is 25.8 Å². The van der Waals surface area contributed by atoms with Gasteiger partial charge in [0.2, 0.25) is 0 Å². The first kappa shape index (κ1) is 15.9. The SMILES string of the molecule is Cc1ccc2c([te]c3cc(-c4ccccc4)ccc32)c1C(C)(C)C. The van der Waals surface area contributed by atoms with E-state index in [1.54, 1.807) is 12.4 Å². The van der Waals surface area contributed by atoms with E-state index >= 15 is 0 Å². The number of aryl methyl sites for hydroxylation is 1. The topological polar surface area (TPSA) is 0 Å². The van der Waals surface area contributed by atoms with Crippen LogP contribution in [-0.4, -0.2) is 20.4 Å². The van der Waals surface area contributed by atoms with E-state index in [1.165, 1.54) is 27.5 Å². The zero-order chi connectivity index (χ0) is 16.9. The molecule has 0 unspecified atom stereocenters. The van der Waals surface area contributed by atoms with Crippen LogP contribution in [0.4, 0.5) is 0 Å². The Bertz CT molecular complexity index is 1030. The van der Waals surface area contributed by atoms with E-state index in [1.807, 2.05) is 0 Å². The van der Waals surface area contributed by atoms with E-state index in [9.17, 15) is 0 Å². The summed E-state index contributed by atoms with van der Waals surface area (Å²) in [7, 11) is 0. The van der Waals surface area contributed by atoms with Crippen LogP contribution >= 0.6 is 0 Å². The van der Waals surface area contributed by atoms with Gasteiger partial charge >= 0.3 is 154 Å². The van der Waals surface area contributed by atoms with Crippen LogP contribution in [0.5, 0.6) is 0 Å². The molecule has 0 aliphatic carbocycles. The fraction of sp³-hybridized carbons (Fsp3) is 0.217. The molecule has 4 rings (SSSR count). The Labute approximate surface area is 153 Å². The Morgan fingerprint density at radius 1 is 0.750 bits per heavy atom. The van der Waals surface area contributed by atoms with E-state index in [0.717, 1.165) is 0 Å². The summed E-state index contributed by atoms with van der Waals surface area (Å²) in [5.41, 5.74) is 5.91. The number of hydrogen-bond donors (Lipinski definition) is 0. The van der Waals surface area contributed by atoms with Gasteiger partial charge in [-0.05, 0) is 0 Å². The molecule has 0 radical (unpaired) electrons. The summed E-state index contributed by atoms with van der Waals surface area (Å²) in [4.78, 5) is 0. The van der Waals surface area contributed by atoms with Crippen LogP contribution in [0.2, 0.25) is 0 Å². The van der Waals surface area contributed by atoms with Gasteiger partial charge in [0.05, 0.1) is 0 Å². The van der Waals surface area contributed by atoms with Crippen molar-refractivity contribution in [1.82, 2.24) is 0 Å². The van der Waals surface area contributed by atoms with Crippen LogP contribution in [0.25, 0.3) is 28.7 Å². The molecule has 0 fully saturated rings. The Kier molecular flexibility index (Phi) is 3.83. The molecule has 1 heteroatoms. The first-order valence-corrected chi connectivity index (χ1v) is 10.8. The van der Waals surface area contributed by atoms with Crippen molar-refractivity contribution in [1.29, 1.82) is 0 Å². The van der Waals surface area contributed by atoms with Crippen LogP contribution in [0.1, 0.15) is 31.9 Å². The average molecular weight is 426 g/mol. The fourth-order valence-electron chi connectivity index (χ4n) is 3.68. The quantitative estimate of drug-likeness (QED) is 0.313. The molecular formula is C23H22Te. The third-order valence-electron chi connectivity index (χ3n) is 4.71. The van der Waals surface area contributed by atoms with Gasteiger partial charge in [-0.25, -0.2) is 0 Å². The third-order valence-corrected chi connectivity index (χ3v) is 8.09. The van der Waals surface area contributed by atoms with E-state index in [2.05, 4.69) is 88.4 Å². The summed E-state index contributed by atoms with van der Waals surface area (Å²) in [6.07, 6.45) is 0. The maximum absolute atomic E-state index is 2.44. The molecule has 1 aromatic heterocycles. The molecule has 0 amide bonds. The predicted octanol–water partition coefficient (Wildman–Crippen LogP) is 6.32. The standard InChI is InChI=1S/C23H22Te/c1-15-10-12-19-18-13-11-17(16-8-6-5-7-9-16)14-20(18)24-22(19)21(15)23(2,3)4/h5-14H,1-4H3. The van der Waals surface area contributed by atoms with E-state index < -0.39 is 0 Å². The van der Waals surface area contributed by atoms with E-state index in [4.69, 9.17) is 0 Å². The van der Waals surface area contributed by atoms with Crippen LogP contribution in [-0.2, 0) is 5.41 Å². The van der Waals surface area contributed by atoms with Gasteiger partial charge in [-0.1, -0.05) is 0 Å². The molecule has 0 saturated heterocycles. The second kappa shape index (κ2) is 5.76. The Morgan fingerprint density at radius 2 is 1.46 bits per heavy atom. The Hall–Kier alpha value is -1.55. The molecule has 4 aromatic rings. The number of rotatable bonds is 1. The zero-order valence-corrected chi connectivity index (χ0v) is 17.0. The normalized spacial score (nSPS) is 12.2. The summed E-state index contributed by atoms with van der Waals surface area (Å²) in [6.45, 7) is 9.31. The molecule has 0 bridgehead atoms. The molecular weight excluding hydrogens is 404 g/mol. The zero-order valence-electron chi connectivity index (χ0n) is 14.7. The molecule has 1 heterocycles. The summed E-state index contributed by atoms with van der Waals surface area (Å²) < 4.78 is 3.25. The van der Waals surface area contributed by atoms with Gasteiger partial charge in [0.15, 0.2) is 0 Å². The third kappa shape index (κ3) is 2.61. The molecule has 0 nitrogen and oxygen atoms in total. The monoisotopic (exact) mass is 428 g/mol. The minimum absolute atomic E-state index is 0.213. The number of fused-ring (bicyclic) bond motifs is 3. The molecule has 24 heavy (non-hydrogen) atoms. The molecule has 0 spiro atoms. The van der Waals surface area contributed by atoms with Gasteiger partial charge in [-0.3, -0.25) is 0 Å². The molecule has 120 valence electrons. The molecule has 0 saturated carbocycles. The van der Waals surface area contributed by atoms with Crippen molar-refractivity contribution in [2.24, 2.45) is 0 Å². The minimum atomic E-state index is -0.322. The first-order chi connectivity index (χ1) is 11.4. The van der Waals surface area contributed by atoms with Crippen molar-refractivity contribution >= 4 is 38.0 Å². The first-order valence-electron chi connectivity index (χ1n) is 8.47. The summed E-state index contributed by atoms with van der Waals surface area (Å²) in [5, 5.41) is 2.96. The number of benzene rings is 3. The molecule has 0 atom stereocenters. The number of hydrogen-bond acceptors (Lipinski definition) is 0. The molecule has 0 aliphatic rings. The van der Waals surface area contributed by atoms with Crippen LogP contribution in [0.3, 0.4) is 0 Å². The van der Waals surface area contributed by atoms with Crippen molar-refractivity contribution in [3.63, 3.8) is 0 Å². The van der Waals surface area contributed by atoms with Crippen molar-refractivity contribution in [3.8, 4) is 11.1 Å². The van der Waals surface area contributed by atoms with Gasteiger partial charge in [-0.15, -0.1) is 0 Å². The van der Waals surface area contributed by atoms with Gasteiger partial charge in [0, 0.05) is 0 Å². The second-order valence-corrected chi connectivity index (χ2v) is 10.6. The average Bonchev–Trinajstić information content (AvgIpc) is 2.91. The van der Waals surface area contributed by atoms with Crippen LogP contribution < -0.4 is 0 Å². The molecule has 3 aromatic carbocycles. The molecule has 0 aliphatic heterocycles. The summed E-state index contributed by atoms with van der Waals surface area (Å²) in [6, 6.07) is 22.5. The summed E-state index contributed by atoms with van der Waals surface area (Å²) in [5.74, 6) is 0. The van der Waals surface area contributed by atoms with Crippen molar-refractivity contribution in [2.45, 2.75) is 33.1 Å². The summed E-state index contributed by atoms with van der Waals surface area (Å²) >= 11 is -0.322. The Balaban J connectivity index is 2.01. The van der Waals surface area contributed by atoms with Gasteiger partial charge < -0.3 is 0 Å². The van der Waals surface area contributed by atoms with Crippen LogP contribution in [0, 0.1) is 6.92 Å². The predicted molar refractivity (Wildman–Crippen MR) is 107 cm³/mol. The van der Waals surface area contributed by atoms with Crippen molar-refractivity contribution < 1.29 is 0 Å². The fourth-order valence-corrected chi connectivity index (χ4v) is 8.11. The molecule has 0 N–H and O–H groups in total.